The Bertz CT molecular complexity index is 516. The number of guanidine groups is 1. The first-order chi connectivity index (χ1) is 10.7. The maximum absolute atomic E-state index is 11.5. The number of hydrogen-bond donors (Lipinski definition) is 2. The van der Waals surface area contributed by atoms with Gasteiger partial charge in [0.1, 0.15) is 0 Å². The van der Waals surface area contributed by atoms with Gasteiger partial charge in [-0.25, -0.2) is 4.99 Å². The molecule has 0 radical (unpaired) electrons. The lowest BCUT2D eigenvalue weighted by atomic mass is 10.3. The van der Waals surface area contributed by atoms with Crippen LogP contribution in [0, 0.1) is 0 Å². The quantitative estimate of drug-likeness (QED) is 0.292. The van der Waals surface area contributed by atoms with E-state index in [-0.39, 0.29) is 29.9 Å². The Morgan fingerprint density at radius 1 is 1.43 bits per heavy atom. The molecule has 0 aromatic carbocycles. The average molecular weight is 434 g/mol. The highest BCUT2D eigenvalue weighted by Crippen LogP contribution is 2.09. The molecule has 2 N–H and O–H groups in total. The maximum Gasteiger partial charge on any atom is 0.222 e. The minimum atomic E-state index is 0. The van der Waals surface area contributed by atoms with Crippen LogP contribution in [0.2, 0.25) is 0 Å². The van der Waals surface area contributed by atoms with Crippen molar-refractivity contribution in [3.8, 4) is 0 Å². The summed E-state index contributed by atoms with van der Waals surface area (Å²) in [5.41, 5.74) is 1.09. The summed E-state index contributed by atoms with van der Waals surface area (Å²) < 4.78 is 1.78. The zero-order chi connectivity index (χ0) is 15.8. The number of aliphatic imine (C=N–C) groups is 1. The highest BCUT2D eigenvalue weighted by molar-refractivity contribution is 14.0. The largest absolute Gasteiger partial charge is 0.357 e. The van der Waals surface area contributed by atoms with Crippen LogP contribution < -0.4 is 10.6 Å². The molecule has 2 rings (SSSR count). The number of rotatable bonds is 7. The van der Waals surface area contributed by atoms with Crippen LogP contribution in [0.3, 0.4) is 0 Å². The third kappa shape index (κ3) is 6.76. The molecule has 1 amide bonds. The molecule has 1 aliphatic rings. The molecule has 7 nitrogen and oxygen atoms in total. The number of aryl methyl sites for hydroxylation is 1. The zero-order valence-corrected chi connectivity index (χ0v) is 16.2. The van der Waals surface area contributed by atoms with Crippen molar-refractivity contribution in [2.75, 3.05) is 26.2 Å². The number of hydrogen-bond acceptors (Lipinski definition) is 3. The summed E-state index contributed by atoms with van der Waals surface area (Å²) in [6.07, 6.45) is 6.44. The normalized spacial score (nSPS) is 14.8. The lowest BCUT2D eigenvalue weighted by Crippen LogP contribution is -2.39. The fraction of sp³-hybridized carbons (Fsp3) is 0.667. The van der Waals surface area contributed by atoms with Crippen molar-refractivity contribution in [2.24, 2.45) is 12.0 Å². The number of aromatic nitrogens is 2. The van der Waals surface area contributed by atoms with Gasteiger partial charge in [-0.2, -0.15) is 5.10 Å². The van der Waals surface area contributed by atoms with Crippen LogP contribution in [0.5, 0.6) is 0 Å². The van der Waals surface area contributed by atoms with Gasteiger partial charge in [-0.15, -0.1) is 24.0 Å². The fourth-order valence-corrected chi connectivity index (χ4v) is 2.48. The minimum Gasteiger partial charge on any atom is -0.357 e. The third-order valence-corrected chi connectivity index (χ3v) is 3.59. The van der Waals surface area contributed by atoms with Crippen LogP contribution in [-0.4, -0.2) is 52.7 Å². The Morgan fingerprint density at radius 2 is 2.26 bits per heavy atom. The van der Waals surface area contributed by atoms with Gasteiger partial charge in [-0.3, -0.25) is 9.48 Å². The molecule has 130 valence electrons. The van der Waals surface area contributed by atoms with Gasteiger partial charge in [-0.05, 0) is 19.8 Å². The third-order valence-electron chi connectivity index (χ3n) is 3.59. The molecule has 1 aromatic heterocycles. The van der Waals surface area contributed by atoms with E-state index in [2.05, 4.69) is 20.7 Å². The first-order valence-electron chi connectivity index (χ1n) is 7.96. The van der Waals surface area contributed by atoms with Crippen LogP contribution in [0.15, 0.2) is 17.4 Å². The molecule has 0 aliphatic carbocycles. The molecular weight excluding hydrogens is 407 g/mol. The summed E-state index contributed by atoms with van der Waals surface area (Å²) in [6.45, 7) is 6.02. The van der Waals surface area contributed by atoms with E-state index in [0.717, 1.165) is 50.5 Å². The summed E-state index contributed by atoms with van der Waals surface area (Å²) in [5.74, 6) is 1.09. The topological polar surface area (TPSA) is 74.6 Å². The van der Waals surface area contributed by atoms with Crippen molar-refractivity contribution in [1.82, 2.24) is 25.3 Å². The minimum absolute atomic E-state index is 0. The van der Waals surface area contributed by atoms with Crippen molar-refractivity contribution in [3.05, 3.63) is 18.0 Å². The van der Waals surface area contributed by atoms with Crippen molar-refractivity contribution >= 4 is 35.8 Å². The summed E-state index contributed by atoms with van der Waals surface area (Å²) in [6, 6.07) is 0. The molecule has 1 fully saturated rings. The second-order valence-corrected chi connectivity index (χ2v) is 5.48. The summed E-state index contributed by atoms with van der Waals surface area (Å²) in [7, 11) is 1.90. The first kappa shape index (κ1) is 19.7. The number of halogens is 1. The number of nitrogens with one attached hydrogen (secondary N) is 2. The number of carbonyl (C=O) groups is 1. The van der Waals surface area contributed by atoms with E-state index < -0.39 is 0 Å². The fourth-order valence-electron chi connectivity index (χ4n) is 2.48. The first-order valence-corrected chi connectivity index (χ1v) is 7.96. The van der Waals surface area contributed by atoms with Gasteiger partial charge in [-0.1, -0.05) is 0 Å². The average Bonchev–Trinajstić information content (AvgIpc) is 3.09. The summed E-state index contributed by atoms with van der Waals surface area (Å²) in [4.78, 5) is 18.0. The molecule has 0 unspecified atom stereocenters. The van der Waals surface area contributed by atoms with Gasteiger partial charge in [0.25, 0.3) is 0 Å². The monoisotopic (exact) mass is 434 g/mol. The maximum atomic E-state index is 11.5. The van der Waals surface area contributed by atoms with E-state index in [1.807, 2.05) is 31.3 Å². The van der Waals surface area contributed by atoms with Gasteiger partial charge in [0.2, 0.25) is 5.91 Å². The highest BCUT2D eigenvalue weighted by Gasteiger charge is 2.18. The molecule has 0 spiro atoms. The standard InChI is InChI=1S/C15H26N6O.HI/c1-3-16-15(18-10-13-11-19-20(2)12-13)17-7-5-9-21-8-4-6-14(21)22;/h11-12H,3-10H2,1-2H3,(H2,16,17,18);1H. The molecule has 0 saturated carbocycles. The molecular formula is C15H27IN6O. The Hall–Kier alpha value is -1.32. The van der Waals surface area contributed by atoms with Crippen molar-refractivity contribution in [3.63, 3.8) is 0 Å². The van der Waals surface area contributed by atoms with Gasteiger partial charge in [0.05, 0.1) is 12.7 Å². The van der Waals surface area contributed by atoms with Crippen LogP contribution in [0.4, 0.5) is 0 Å². The molecule has 0 bridgehead atoms. The zero-order valence-electron chi connectivity index (χ0n) is 13.9. The molecule has 0 atom stereocenters. The summed E-state index contributed by atoms with van der Waals surface area (Å²) >= 11 is 0. The Kier molecular flexibility index (Phi) is 8.97. The number of likely N-dealkylation sites (tertiary alicyclic amines) is 1. The van der Waals surface area contributed by atoms with Crippen LogP contribution in [0.25, 0.3) is 0 Å². The van der Waals surface area contributed by atoms with E-state index in [1.54, 1.807) is 4.68 Å². The van der Waals surface area contributed by atoms with Gasteiger partial charge >= 0.3 is 0 Å². The number of carbonyl (C=O) groups excluding carboxylic acids is 1. The molecule has 1 aromatic rings. The van der Waals surface area contributed by atoms with Crippen LogP contribution in [-0.2, 0) is 18.4 Å². The Balaban J connectivity index is 0.00000264. The predicted molar refractivity (Wildman–Crippen MR) is 102 cm³/mol. The van der Waals surface area contributed by atoms with E-state index in [0.29, 0.717) is 13.0 Å². The lowest BCUT2D eigenvalue weighted by molar-refractivity contribution is -0.127. The highest BCUT2D eigenvalue weighted by atomic mass is 127. The van der Waals surface area contributed by atoms with E-state index in [1.165, 1.54) is 0 Å². The molecule has 1 aliphatic heterocycles. The van der Waals surface area contributed by atoms with Crippen molar-refractivity contribution in [1.29, 1.82) is 0 Å². The van der Waals surface area contributed by atoms with E-state index >= 15 is 0 Å². The smallest absolute Gasteiger partial charge is 0.222 e. The van der Waals surface area contributed by atoms with Crippen molar-refractivity contribution in [2.45, 2.75) is 32.7 Å². The molecule has 1 saturated heterocycles. The molecule has 8 heteroatoms. The Morgan fingerprint density at radius 3 is 2.87 bits per heavy atom. The van der Waals surface area contributed by atoms with Crippen LogP contribution in [0.1, 0.15) is 31.7 Å². The number of nitrogens with zero attached hydrogens (tertiary/aromatic N) is 4. The predicted octanol–water partition coefficient (Wildman–Crippen LogP) is 1.11. The lowest BCUT2D eigenvalue weighted by Gasteiger charge is -2.16. The number of amides is 1. The van der Waals surface area contributed by atoms with Crippen LogP contribution >= 0.6 is 24.0 Å². The Labute approximate surface area is 154 Å². The van der Waals surface area contributed by atoms with Gasteiger partial charge in [0, 0.05) is 51.4 Å². The second-order valence-electron chi connectivity index (χ2n) is 5.48. The van der Waals surface area contributed by atoms with Crippen molar-refractivity contribution < 1.29 is 4.79 Å². The van der Waals surface area contributed by atoms with Gasteiger partial charge in [0.15, 0.2) is 5.96 Å². The van der Waals surface area contributed by atoms with E-state index in [9.17, 15) is 4.79 Å². The molecule has 23 heavy (non-hydrogen) atoms. The van der Waals surface area contributed by atoms with Gasteiger partial charge < -0.3 is 15.5 Å². The van der Waals surface area contributed by atoms with E-state index in [4.69, 9.17) is 0 Å². The summed E-state index contributed by atoms with van der Waals surface area (Å²) in [5, 5.41) is 10.7. The SMILES string of the molecule is CCNC(=NCc1cnn(C)c1)NCCCN1CCCC1=O.I. The molecule has 2 heterocycles. The second kappa shape index (κ2) is 10.5.